The second-order valence-electron chi connectivity index (χ2n) is 6.56. The van der Waals surface area contributed by atoms with Crippen LogP contribution in [0.1, 0.15) is 42.6 Å². The summed E-state index contributed by atoms with van der Waals surface area (Å²) in [6, 6.07) is 8.26. The van der Waals surface area contributed by atoms with E-state index >= 15 is 0 Å². The van der Waals surface area contributed by atoms with Gasteiger partial charge in [-0.1, -0.05) is 29.8 Å². The lowest BCUT2D eigenvalue weighted by Gasteiger charge is -2.07. The summed E-state index contributed by atoms with van der Waals surface area (Å²) in [5, 5.41) is 10.9. The summed E-state index contributed by atoms with van der Waals surface area (Å²) < 4.78 is 2.77. The van der Waals surface area contributed by atoms with Gasteiger partial charge in [0.2, 0.25) is 5.91 Å². The molecule has 0 spiro atoms. The Morgan fingerprint density at radius 2 is 2.21 bits per heavy atom. The number of carbonyl (C=O) groups is 1. The first-order valence-electron chi connectivity index (χ1n) is 8.33. The Bertz CT molecular complexity index is 826. The highest BCUT2D eigenvalue weighted by atomic mass is 35.5. The predicted octanol–water partition coefficient (Wildman–Crippen LogP) is 3.39. The standard InChI is InChI=1S/C17H19ClN4OS/c18-14-4-2-1-3-11(14)12-9-13(12)16(23)19-8-7-15-20-21-17(24)22(15)10-5-6-10/h1-4,10,12-13H,5-9H2,(H,19,23)(H,21,24). The molecule has 0 bridgehead atoms. The Balaban J connectivity index is 1.31. The molecule has 2 atom stereocenters. The Kier molecular flexibility index (Phi) is 4.18. The second-order valence-corrected chi connectivity index (χ2v) is 7.35. The predicted molar refractivity (Wildman–Crippen MR) is 94.7 cm³/mol. The molecule has 0 saturated heterocycles. The van der Waals surface area contributed by atoms with Crippen molar-refractivity contribution in [2.24, 2.45) is 5.92 Å². The van der Waals surface area contributed by atoms with Crippen molar-refractivity contribution in [3.8, 4) is 0 Å². The molecule has 0 aliphatic heterocycles. The molecule has 126 valence electrons. The van der Waals surface area contributed by atoms with Crippen LogP contribution >= 0.6 is 23.8 Å². The van der Waals surface area contributed by atoms with Crippen LogP contribution in [0.5, 0.6) is 0 Å². The van der Waals surface area contributed by atoms with E-state index in [0.29, 0.717) is 23.8 Å². The van der Waals surface area contributed by atoms with Gasteiger partial charge >= 0.3 is 0 Å². The number of hydrogen-bond acceptors (Lipinski definition) is 3. The first kappa shape index (κ1) is 15.8. The minimum Gasteiger partial charge on any atom is -0.355 e. The Morgan fingerprint density at radius 3 is 2.96 bits per heavy atom. The van der Waals surface area contributed by atoms with Gasteiger partial charge in [0, 0.05) is 29.9 Å². The summed E-state index contributed by atoms with van der Waals surface area (Å²) in [6.45, 7) is 0.580. The SMILES string of the molecule is O=C(NCCc1n[nH]c(=S)n1C1CC1)C1CC1c1ccccc1Cl. The fourth-order valence-electron chi connectivity index (χ4n) is 3.26. The second kappa shape index (κ2) is 6.33. The van der Waals surface area contributed by atoms with Crippen LogP contribution in [0.3, 0.4) is 0 Å². The largest absolute Gasteiger partial charge is 0.355 e. The van der Waals surface area contributed by atoms with Gasteiger partial charge in [0.1, 0.15) is 5.82 Å². The maximum Gasteiger partial charge on any atom is 0.223 e. The van der Waals surface area contributed by atoms with Crippen molar-refractivity contribution >= 4 is 29.7 Å². The van der Waals surface area contributed by atoms with E-state index in [4.69, 9.17) is 23.8 Å². The van der Waals surface area contributed by atoms with Crippen molar-refractivity contribution in [3.05, 3.63) is 45.4 Å². The van der Waals surface area contributed by atoms with E-state index < -0.39 is 0 Å². The molecule has 1 heterocycles. The number of benzene rings is 1. The lowest BCUT2D eigenvalue weighted by molar-refractivity contribution is -0.122. The molecule has 2 aromatic rings. The zero-order valence-corrected chi connectivity index (χ0v) is 14.7. The molecule has 2 unspecified atom stereocenters. The fourth-order valence-corrected chi connectivity index (χ4v) is 3.83. The number of halogens is 1. The van der Waals surface area contributed by atoms with Gasteiger partial charge in [-0.05, 0) is 49.0 Å². The van der Waals surface area contributed by atoms with Gasteiger partial charge in [0.15, 0.2) is 4.77 Å². The van der Waals surface area contributed by atoms with Crippen LogP contribution in [0.2, 0.25) is 5.02 Å². The Morgan fingerprint density at radius 1 is 1.42 bits per heavy atom. The van der Waals surface area contributed by atoms with E-state index in [9.17, 15) is 4.79 Å². The van der Waals surface area contributed by atoms with E-state index in [2.05, 4.69) is 20.1 Å². The van der Waals surface area contributed by atoms with E-state index in [0.717, 1.165) is 35.7 Å². The van der Waals surface area contributed by atoms with Gasteiger partial charge in [-0.15, -0.1) is 0 Å². The molecule has 2 aliphatic carbocycles. The van der Waals surface area contributed by atoms with Crippen LogP contribution < -0.4 is 5.32 Å². The third kappa shape index (κ3) is 3.13. The molecule has 24 heavy (non-hydrogen) atoms. The maximum atomic E-state index is 12.3. The average Bonchev–Trinajstić information content (AvgIpc) is 3.48. The molecule has 7 heteroatoms. The van der Waals surface area contributed by atoms with Crippen molar-refractivity contribution in [2.45, 2.75) is 37.6 Å². The van der Waals surface area contributed by atoms with Gasteiger partial charge in [-0.2, -0.15) is 5.10 Å². The molecule has 1 aromatic carbocycles. The van der Waals surface area contributed by atoms with E-state index in [-0.39, 0.29) is 17.7 Å². The van der Waals surface area contributed by atoms with Crippen molar-refractivity contribution in [1.82, 2.24) is 20.1 Å². The zero-order chi connectivity index (χ0) is 16.7. The van der Waals surface area contributed by atoms with Gasteiger partial charge in [0.25, 0.3) is 0 Å². The summed E-state index contributed by atoms with van der Waals surface area (Å²) in [4.78, 5) is 12.3. The first-order valence-corrected chi connectivity index (χ1v) is 9.11. The minimum absolute atomic E-state index is 0.0363. The van der Waals surface area contributed by atoms with Gasteiger partial charge < -0.3 is 9.88 Å². The van der Waals surface area contributed by atoms with Crippen LogP contribution in [-0.2, 0) is 11.2 Å². The van der Waals surface area contributed by atoms with Crippen LogP contribution in [0.4, 0.5) is 0 Å². The highest BCUT2D eigenvalue weighted by Crippen LogP contribution is 2.49. The van der Waals surface area contributed by atoms with E-state index in [1.54, 1.807) is 0 Å². The number of carbonyl (C=O) groups excluding carboxylic acids is 1. The molecule has 2 aliphatic rings. The summed E-state index contributed by atoms with van der Waals surface area (Å²) in [5.41, 5.74) is 1.08. The molecule has 2 N–H and O–H groups in total. The number of aromatic nitrogens is 3. The van der Waals surface area contributed by atoms with Crippen LogP contribution in [0.25, 0.3) is 0 Å². The number of nitrogens with one attached hydrogen (secondary N) is 2. The lowest BCUT2D eigenvalue weighted by Crippen LogP contribution is -2.28. The molecular weight excluding hydrogens is 344 g/mol. The first-order chi connectivity index (χ1) is 11.6. The Labute approximate surface area is 150 Å². The topological polar surface area (TPSA) is 62.7 Å². The van der Waals surface area contributed by atoms with Crippen LogP contribution in [0, 0.1) is 10.7 Å². The molecule has 4 rings (SSSR count). The van der Waals surface area contributed by atoms with Crippen molar-refractivity contribution in [1.29, 1.82) is 0 Å². The molecule has 2 saturated carbocycles. The Hall–Kier alpha value is -1.66. The molecule has 2 fully saturated rings. The van der Waals surface area contributed by atoms with E-state index in [1.807, 2.05) is 24.3 Å². The van der Waals surface area contributed by atoms with E-state index in [1.165, 1.54) is 0 Å². The number of hydrogen-bond donors (Lipinski definition) is 2. The molecule has 1 amide bonds. The monoisotopic (exact) mass is 362 g/mol. The smallest absolute Gasteiger partial charge is 0.223 e. The highest BCUT2D eigenvalue weighted by molar-refractivity contribution is 7.71. The molecule has 1 aromatic heterocycles. The van der Waals surface area contributed by atoms with Crippen LogP contribution in [0.15, 0.2) is 24.3 Å². The third-order valence-electron chi connectivity index (χ3n) is 4.77. The lowest BCUT2D eigenvalue weighted by atomic mass is 10.1. The quantitative estimate of drug-likeness (QED) is 0.774. The van der Waals surface area contributed by atoms with Crippen molar-refractivity contribution in [2.75, 3.05) is 6.54 Å². The normalized spacial score (nSPS) is 22.4. The van der Waals surface area contributed by atoms with Gasteiger partial charge in [0.05, 0.1) is 0 Å². The van der Waals surface area contributed by atoms with Crippen molar-refractivity contribution < 1.29 is 4.79 Å². The highest BCUT2D eigenvalue weighted by Gasteiger charge is 2.44. The van der Waals surface area contributed by atoms with Crippen molar-refractivity contribution in [3.63, 3.8) is 0 Å². The third-order valence-corrected chi connectivity index (χ3v) is 5.40. The summed E-state index contributed by atoms with van der Waals surface area (Å²) in [7, 11) is 0. The average molecular weight is 363 g/mol. The maximum absolute atomic E-state index is 12.3. The number of amides is 1. The molecule has 0 radical (unpaired) electrons. The van der Waals surface area contributed by atoms with Gasteiger partial charge in [-0.25, -0.2) is 0 Å². The molecular formula is C17H19ClN4OS. The number of H-pyrrole nitrogens is 1. The molecule has 5 nitrogen and oxygen atoms in total. The summed E-state index contributed by atoms with van der Waals surface area (Å²) in [5.74, 6) is 1.32. The summed E-state index contributed by atoms with van der Waals surface area (Å²) >= 11 is 11.5. The summed E-state index contributed by atoms with van der Waals surface area (Å²) in [6.07, 6.45) is 3.89. The van der Waals surface area contributed by atoms with Gasteiger partial charge in [-0.3, -0.25) is 9.89 Å². The number of nitrogens with zero attached hydrogens (tertiary/aromatic N) is 2. The fraction of sp³-hybridized carbons (Fsp3) is 0.471. The minimum atomic E-state index is 0.0363. The zero-order valence-electron chi connectivity index (χ0n) is 13.2. The number of rotatable bonds is 6. The van der Waals surface area contributed by atoms with Crippen LogP contribution in [-0.4, -0.2) is 27.2 Å². The number of aromatic amines is 1.